The van der Waals surface area contributed by atoms with Crippen LogP contribution in [-0.4, -0.2) is 37.4 Å². The number of nitrogen functional groups attached to an aromatic ring is 1. The van der Waals surface area contributed by atoms with Crippen molar-refractivity contribution in [2.45, 2.75) is 18.6 Å². The highest BCUT2D eigenvalue weighted by atomic mass is 35.5. The highest BCUT2D eigenvalue weighted by Crippen LogP contribution is 2.20. The number of carboxylic acid groups (broad SMARTS) is 1. The second-order valence-electron chi connectivity index (χ2n) is 3.08. The van der Waals surface area contributed by atoms with Crippen LogP contribution in [0, 0.1) is 0 Å². The van der Waals surface area contributed by atoms with Gasteiger partial charge in [0.05, 0.1) is 24.4 Å². The summed E-state index contributed by atoms with van der Waals surface area (Å²) in [6, 6.07) is 0. The minimum Gasteiger partial charge on any atom is -0.481 e. The van der Waals surface area contributed by atoms with E-state index in [2.05, 4.69) is 9.97 Å². The van der Waals surface area contributed by atoms with Gasteiger partial charge < -0.3 is 21.1 Å². The van der Waals surface area contributed by atoms with Gasteiger partial charge in [0.1, 0.15) is 6.10 Å². The summed E-state index contributed by atoms with van der Waals surface area (Å²) < 4.78 is 0. The molecule has 0 radical (unpaired) electrons. The monoisotopic (exact) mass is 247 g/mol. The maximum atomic E-state index is 10.3. The third-order valence-corrected chi connectivity index (χ3v) is 2.10. The molecule has 2 unspecified atom stereocenters. The Balaban J connectivity index is 2.83. The lowest BCUT2D eigenvalue weighted by atomic mass is 10.1. The molecule has 88 valence electrons. The third kappa shape index (κ3) is 3.02. The molecule has 0 saturated carbocycles. The standard InChI is InChI=1S/C8H10ClN3O4/c9-7-8(10)11-2-3(12-7)6(16)4(13)1-5(14)15/h2,4,6,13,16H,1H2,(H2,10,11)(H,14,15). The topological polar surface area (TPSA) is 130 Å². The SMILES string of the molecule is Nc1ncc(C(O)C(O)CC(=O)O)nc1Cl. The zero-order valence-corrected chi connectivity index (χ0v) is 8.79. The Kier molecular flexibility index (Phi) is 3.99. The molecule has 5 N–H and O–H groups in total. The molecular formula is C8H10ClN3O4. The molecule has 0 aliphatic carbocycles. The second-order valence-corrected chi connectivity index (χ2v) is 3.44. The summed E-state index contributed by atoms with van der Waals surface area (Å²) in [6.07, 6.45) is -2.44. The first-order valence-corrected chi connectivity index (χ1v) is 4.65. The average Bonchev–Trinajstić information content (AvgIpc) is 2.20. The maximum Gasteiger partial charge on any atom is 0.306 e. The number of carbonyl (C=O) groups is 1. The number of aliphatic hydroxyl groups is 2. The molecule has 0 fully saturated rings. The van der Waals surface area contributed by atoms with E-state index in [0.29, 0.717) is 0 Å². The van der Waals surface area contributed by atoms with Gasteiger partial charge in [0.15, 0.2) is 11.0 Å². The lowest BCUT2D eigenvalue weighted by molar-refractivity contribution is -0.141. The molecule has 0 aliphatic heterocycles. The van der Waals surface area contributed by atoms with E-state index in [0.717, 1.165) is 6.20 Å². The fourth-order valence-electron chi connectivity index (χ4n) is 1.02. The van der Waals surface area contributed by atoms with Crippen LogP contribution in [0.5, 0.6) is 0 Å². The van der Waals surface area contributed by atoms with Crippen LogP contribution in [-0.2, 0) is 4.79 Å². The van der Waals surface area contributed by atoms with Crippen molar-refractivity contribution in [3.8, 4) is 0 Å². The van der Waals surface area contributed by atoms with Crippen LogP contribution in [0.1, 0.15) is 18.2 Å². The van der Waals surface area contributed by atoms with E-state index in [1.807, 2.05) is 0 Å². The highest BCUT2D eigenvalue weighted by molar-refractivity contribution is 6.31. The van der Waals surface area contributed by atoms with E-state index >= 15 is 0 Å². The summed E-state index contributed by atoms with van der Waals surface area (Å²) in [5.74, 6) is -1.24. The van der Waals surface area contributed by atoms with Gasteiger partial charge in [-0.15, -0.1) is 0 Å². The van der Waals surface area contributed by atoms with E-state index in [-0.39, 0.29) is 16.7 Å². The number of hydrogen-bond acceptors (Lipinski definition) is 6. The van der Waals surface area contributed by atoms with Crippen LogP contribution in [0.15, 0.2) is 6.20 Å². The third-order valence-electron chi connectivity index (χ3n) is 1.83. The molecule has 0 aromatic carbocycles. The Hall–Kier alpha value is -1.44. The van der Waals surface area contributed by atoms with E-state index in [4.69, 9.17) is 22.4 Å². The number of nitrogens with two attached hydrogens (primary N) is 1. The zero-order chi connectivity index (χ0) is 12.3. The van der Waals surface area contributed by atoms with Crippen molar-refractivity contribution in [1.82, 2.24) is 9.97 Å². The zero-order valence-electron chi connectivity index (χ0n) is 8.04. The van der Waals surface area contributed by atoms with Crippen molar-refractivity contribution in [3.05, 3.63) is 17.0 Å². The van der Waals surface area contributed by atoms with Crippen LogP contribution in [0.25, 0.3) is 0 Å². The van der Waals surface area contributed by atoms with Crippen molar-refractivity contribution < 1.29 is 20.1 Å². The van der Waals surface area contributed by atoms with Crippen LogP contribution in [0.2, 0.25) is 5.15 Å². The van der Waals surface area contributed by atoms with Crippen molar-refractivity contribution in [2.75, 3.05) is 5.73 Å². The van der Waals surface area contributed by atoms with Gasteiger partial charge >= 0.3 is 5.97 Å². The molecule has 1 aromatic heterocycles. The smallest absolute Gasteiger partial charge is 0.306 e. The van der Waals surface area contributed by atoms with Gasteiger partial charge in [-0.1, -0.05) is 11.6 Å². The van der Waals surface area contributed by atoms with Crippen molar-refractivity contribution in [2.24, 2.45) is 0 Å². The molecule has 7 nitrogen and oxygen atoms in total. The Morgan fingerprint density at radius 2 is 2.19 bits per heavy atom. The number of nitrogens with zero attached hydrogens (tertiary/aromatic N) is 2. The fourth-order valence-corrected chi connectivity index (χ4v) is 1.16. The molecule has 16 heavy (non-hydrogen) atoms. The van der Waals surface area contributed by atoms with Crippen LogP contribution in [0.4, 0.5) is 5.82 Å². The first-order valence-electron chi connectivity index (χ1n) is 4.27. The molecule has 2 atom stereocenters. The molecule has 0 saturated heterocycles. The molecular weight excluding hydrogens is 238 g/mol. The number of aliphatic hydroxyl groups excluding tert-OH is 2. The largest absolute Gasteiger partial charge is 0.481 e. The van der Waals surface area contributed by atoms with Crippen molar-refractivity contribution in [3.63, 3.8) is 0 Å². The summed E-state index contributed by atoms with van der Waals surface area (Å²) in [7, 11) is 0. The molecule has 1 aromatic rings. The van der Waals surface area contributed by atoms with Crippen molar-refractivity contribution in [1.29, 1.82) is 0 Å². The number of halogens is 1. The Labute approximate surface area is 95.5 Å². The number of carboxylic acids is 1. The summed E-state index contributed by atoms with van der Waals surface area (Å²) in [4.78, 5) is 17.6. The first kappa shape index (κ1) is 12.6. The van der Waals surface area contributed by atoms with E-state index in [9.17, 15) is 15.0 Å². The fraction of sp³-hybridized carbons (Fsp3) is 0.375. The predicted octanol–water partition coefficient (Wildman–Crippen LogP) is -0.419. The van der Waals surface area contributed by atoms with Gasteiger partial charge in [-0.05, 0) is 0 Å². The quantitative estimate of drug-likeness (QED) is 0.568. The number of aromatic nitrogens is 2. The van der Waals surface area contributed by atoms with Gasteiger partial charge in [-0.2, -0.15) is 0 Å². The lowest BCUT2D eigenvalue weighted by Crippen LogP contribution is -2.22. The van der Waals surface area contributed by atoms with Crippen LogP contribution >= 0.6 is 11.6 Å². The molecule has 1 rings (SSSR count). The van der Waals surface area contributed by atoms with E-state index in [1.54, 1.807) is 0 Å². The van der Waals surface area contributed by atoms with Gasteiger partial charge in [-0.25, -0.2) is 9.97 Å². The van der Waals surface area contributed by atoms with E-state index < -0.39 is 24.6 Å². The summed E-state index contributed by atoms with van der Waals surface area (Å²) in [5, 5.41) is 27.2. The number of anilines is 1. The second kappa shape index (κ2) is 5.06. The van der Waals surface area contributed by atoms with Gasteiger partial charge in [0.2, 0.25) is 0 Å². The molecule has 0 amide bonds. The summed E-state index contributed by atoms with van der Waals surface area (Å²) in [6.45, 7) is 0. The van der Waals surface area contributed by atoms with Crippen LogP contribution in [0.3, 0.4) is 0 Å². The van der Waals surface area contributed by atoms with Gasteiger partial charge in [-0.3, -0.25) is 4.79 Å². The Morgan fingerprint density at radius 3 is 2.69 bits per heavy atom. The Bertz CT molecular complexity index is 401. The van der Waals surface area contributed by atoms with E-state index in [1.165, 1.54) is 0 Å². The lowest BCUT2D eigenvalue weighted by Gasteiger charge is -2.15. The highest BCUT2D eigenvalue weighted by Gasteiger charge is 2.23. The number of rotatable bonds is 4. The molecule has 0 spiro atoms. The molecule has 0 aliphatic rings. The normalized spacial score (nSPS) is 14.4. The van der Waals surface area contributed by atoms with Gasteiger partial charge in [0, 0.05) is 0 Å². The van der Waals surface area contributed by atoms with Gasteiger partial charge in [0.25, 0.3) is 0 Å². The molecule has 8 heteroatoms. The minimum atomic E-state index is -1.48. The maximum absolute atomic E-state index is 10.3. The Morgan fingerprint density at radius 1 is 1.56 bits per heavy atom. The molecule has 1 heterocycles. The predicted molar refractivity (Wildman–Crippen MR) is 54.7 cm³/mol. The van der Waals surface area contributed by atoms with Crippen LogP contribution < -0.4 is 5.73 Å². The summed E-state index contributed by atoms with van der Waals surface area (Å²) in [5.41, 5.74) is 5.27. The minimum absolute atomic E-state index is 0.00894. The molecule has 0 bridgehead atoms. The van der Waals surface area contributed by atoms with Crippen molar-refractivity contribution >= 4 is 23.4 Å². The first-order chi connectivity index (χ1) is 7.41. The number of aliphatic carboxylic acids is 1. The number of hydrogen-bond donors (Lipinski definition) is 4. The summed E-state index contributed by atoms with van der Waals surface area (Å²) >= 11 is 5.56. The average molecular weight is 248 g/mol.